The molecule has 0 aliphatic heterocycles. The van der Waals surface area contributed by atoms with Gasteiger partial charge in [0, 0.05) is 4.91 Å². The minimum absolute atomic E-state index is 0.544. The minimum atomic E-state index is -1.22. The topological polar surface area (TPSA) is 48.8 Å². The van der Waals surface area contributed by atoms with E-state index >= 15 is 0 Å². The first-order chi connectivity index (χ1) is 6.25. The molecule has 2 atom stereocenters. The molecule has 0 heterocycles. The summed E-state index contributed by atoms with van der Waals surface area (Å²) in [5.41, 5.74) is 8.67. The molecular weight excluding hydrogens is 169 g/mol. The van der Waals surface area contributed by atoms with Gasteiger partial charge in [-0.1, -0.05) is 42.4 Å². The molecule has 0 fully saturated rings. The minimum Gasteiger partial charge on any atom is -0.242 e. The molecule has 13 heavy (non-hydrogen) atoms. The summed E-state index contributed by atoms with van der Waals surface area (Å²) >= 11 is 0. The highest BCUT2D eigenvalue weighted by Crippen LogP contribution is 2.22. The molecule has 0 N–H and O–H groups in total. The molecular formula is C9H10FN3. The van der Waals surface area contributed by atoms with Crippen molar-refractivity contribution in [2.24, 2.45) is 5.11 Å². The van der Waals surface area contributed by atoms with Crippen molar-refractivity contribution in [3.8, 4) is 0 Å². The lowest BCUT2D eigenvalue weighted by molar-refractivity contribution is 0.300. The summed E-state index contributed by atoms with van der Waals surface area (Å²) in [6.45, 7) is 1.55. The third kappa shape index (κ3) is 2.46. The highest BCUT2D eigenvalue weighted by atomic mass is 19.1. The third-order valence-corrected chi connectivity index (χ3v) is 1.78. The molecule has 0 saturated heterocycles. The molecule has 0 radical (unpaired) electrons. The Kier molecular flexibility index (Phi) is 3.29. The van der Waals surface area contributed by atoms with Crippen molar-refractivity contribution < 1.29 is 4.39 Å². The summed E-state index contributed by atoms with van der Waals surface area (Å²) in [5.74, 6) is 0. The number of alkyl halides is 1. The number of hydrogen-bond donors (Lipinski definition) is 0. The normalized spacial score (nSPS) is 14.3. The molecule has 0 saturated carbocycles. The summed E-state index contributed by atoms with van der Waals surface area (Å²) in [4.78, 5) is 2.57. The zero-order chi connectivity index (χ0) is 9.68. The predicted octanol–water partition coefficient (Wildman–Crippen LogP) is 3.40. The maximum atomic E-state index is 13.5. The highest BCUT2D eigenvalue weighted by molar-refractivity contribution is 5.18. The third-order valence-electron chi connectivity index (χ3n) is 1.78. The molecule has 68 valence electrons. The number of hydrogen-bond acceptors (Lipinski definition) is 1. The van der Waals surface area contributed by atoms with Gasteiger partial charge >= 0.3 is 0 Å². The zero-order valence-electron chi connectivity index (χ0n) is 7.26. The van der Waals surface area contributed by atoms with Crippen molar-refractivity contribution in [3.63, 3.8) is 0 Å². The fraction of sp³-hybridized carbons (Fsp3) is 0.333. The van der Waals surface area contributed by atoms with E-state index in [1.165, 1.54) is 0 Å². The van der Waals surface area contributed by atoms with Crippen LogP contribution in [0.4, 0.5) is 4.39 Å². The first-order valence-corrected chi connectivity index (χ1v) is 3.99. The van der Waals surface area contributed by atoms with Crippen LogP contribution in [0.3, 0.4) is 0 Å². The summed E-state index contributed by atoms with van der Waals surface area (Å²) in [6.07, 6.45) is -1.22. The predicted molar refractivity (Wildman–Crippen MR) is 48.9 cm³/mol. The van der Waals surface area contributed by atoms with Crippen molar-refractivity contribution in [2.45, 2.75) is 19.1 Å². The van der Waals surface area contributed by atoms with Gasteiger partial charge < -0.3 is 0 Å². The van der Waals surface area contributed by atoms with Gasteiger partial charge in [0.15, 0.2) is 0 Å². The Bertz CT molecular complexity index is 306. The Morgan fingerprint density at radius 1 is 1.38 bits per heavy atom. The summed E-state index contributed by atoms with van der Waals surface area (Å²) in [6, 6.07) is 8.01. The second-order valence-electron chi connectivity index (χ2n) is 2.76. The highest BCUT2D eigenvalue weighted by Gasteiger charge is 2.15. The van der Waals surface area contributed by atoms with E-state index in [1.807, 2.05) is 6.07 Å². The van der Waals surface area contributed by atoms with Crippen molar-refractivity contribution in [2.75, 3.05) is 0 Å². The smallest absolute Gasteiger partial charge is 0.133 e. The molecule has 1 aromatic rings. The van der Waals surface area contributed by atoms with E-state index in [0.717, 1.165) is 0 Å². The van der Waals surface area contributed by atoms with E-state index in [9.17, 15) is 4.39 Å². The standard InChI is InChI=1S/C9H10FN3/c1-7(12-13-11)9(10)8-5-3-2-4-6-8/h2-7,9H,1H3/t7-,9-/m1/s1. The maximum Gasteiger partial charge on any atom is 0.133 e. The van der Waals surface area contributed by atoms with Crippen LogP contribution in [-0.2, 0) is 0 Å². The van der Waals surface area contributed by atoms with Crippen molar-refractivity contribution in [1.29, 1.82) is 0 Å². The van der Waals surface area contributed by atoms with E-state index in [0.29, 0.717) is 5.56 Å². The molecule has 0 spiro atoms. The van der Waals surface area contributed by atoms with Crippen LogP contribution >= 0.6 is 0 Å². The lowest BCUT2D eigenvalue weighted by Crippen LogP contribution is -2.06. The fourth-order valence-electron chi connectivity index (χ4n) is 1.06. The van der Waals surface area contributed by atoms with Crippen LogP contribution in [0.1, 0.15) is 18.7 Å². The van der Waals surface area contributed by atoms with Gasteiger partial charge in [0.25, 0.3) is 0 Å². The average molecular weight is 179 g/mol. The van der Waals surface area contributed by atoms with Gasteiger partial charge in [-0.15, -0.1) is 0 Å². The number of nitrogens with zero attached hydrogens (tertiary/aromatic N) is 3. The van der Waals surface area contributed by atoms with Crippen LogP contribution < -0.4 is 0 Å². The van der Waals surface area contributed by atoms with E-state index in [4.69, 9.17) is 5.53 Å². The molecule has 0 amide bonds. The lowest BCUT2D eigenvalue weighted by Gasteiger charge is -2.10. The number of azide groups is 1. The number of benzene rings is 1. The van der Waals surface area contributed by atoms with Crippen LogP contribution in [0.5, 0.6) is 0 Å². The van der Waals surface area contributed by atoms with Gasteiger partial charge in [-0.25, -0.2) is 4.39 Å². The second kappa shape index (κ2) is 4.48. The quantitative estimate of drug-likeness (QED) is 0.388. The van der Waals surface area contributed by atoms with Crippen LogP contribution in [0.25, 0.3) is 10.4 Å². The van der Waals surface area contributed by atoms with Gasteiger partial charge in [0.2, 0.25) is 0 Å². The number of halogens is 1. The van der Waals surface area contributed by atoms with E-state index in [1.54, 1.807) is 31.2 Å². The summed E-state index contributed by atoms with van der Waals surface area (Å²) in [5, 5.41) is 3.31. The van der Waals surface area contributed by atoms with Gasteiger partial charge in [-0.3, -0.25) is 0 Å². The summed E-state index contributed by atoms with van der Waals surface area (Å²) < 4.78 is 13.5. The molecule has 0 aromatic heterocycles. The molecule has 0 bridgehead atoms. The second-order valence-corrected chi connectivity index (χ2v) is 2.76. The fourth-order valence-corrected chi connectivity index (χ4v) is 1.06. The Morgan fingerprint density at radius 2 is 2.00 bits per heavy atom. The van der Waals surface area contributed by atoms with Crippen LogP contribution in [-0.4, -0.2) is 6.04 Å². The molecule has 0 aliphatic rings. The Hall–Kier alpha value is -1.54. The molecule has 4 heteroatoms. The Balaban J connectivity index is 2.79. The van der Waals surface area contributed by atoms with Crippen molar-refractivity contribution in [3.05, 3.63) is 46.3 Å². The maximum absolute atomic E-state index is 13.5. The molecule has 0 aliphatic carbocycles. The molecule has 1 rings (SSSR count). The van der Waals surface area contributed by atoms with E-state index in [-0.39, 0.29) is 0 Å². The van der Waals surface area contributed by atoms with E-state index in [2.05, 4.69) is 10.0 Å². The first-order valence-electron chi connectivity index (χ1n) is 3.99. The van der Waals surface area contributed by atoms with Crippen molar-refractivity contribution in [1.82, 2.24) is 0 Å². The van der Waals surface area contributed by atoms with Crippen LogP contribution in [0, 0.1) is 0 Å². The molecule has 1 aromatic carbocycles. The molecule has 3 nitrogen and oxygen atoms in total. The summed E-state index contributed by atoms with van der Waals surface area (Å²) in [7, 11) is 0. The van der Waals surface area contributed by atoms with Gasteiger partial charge in [-0.05, 0) is 11.1 Å². The monoisotopic (exact) mass is 179 g/mol. The largest absolute Gasteiger partial charge is 0.242 e. The van der Waals surface area contributed by atoms with Crippen LogP contribution in [0.15, 0.2) is 35.4 Å². The van der Waals surface area contributed by atoms with Gasteiger partial charge in [0.05, 0.1) is 6.04 Å². The van der Waals surface area contributed by atoms with E-state index < -0.39 is 12.2 Å². The first kappa shape index (κ1) is 9.55. The Morgan fingerprint density at radius 3 is 2.54 bits per heavy atom. The lowest BCUT2D eigenvalue weighted by atomic mass is 10.1. The van der Waals surface area contributed by atoms with Crippen molar-refractivity contribution >= 4 is 0 Å². The average Bonchev–Trinajstić information content (AvgIpc) is 2.18. The molecule has 0 unspecified atom stereocenters. The van der Waals surface area contributed by atoms with Crippen LogP contribution in [0.2, 0.25) is 0 Å². The van der Waals surface area contributed by atoms with Gasteiger partial charge in [0.1, 0.15) is 6.17 Å². The SMILES string of the molecule is C[C@@H](N=[N+]=[N-])[C@@H](F)c1ccccc1. The zero-order valence-corrected chi connectivity index (χ0v) is 7.26. The van der Waals surface area contributed by atoms with Gasteiger partial charge in [-0.2, -0.15) is 0 Å². The number of rotatable bonds is 3. The Labute approximate surface area is 75.8 Å².